The lowest BCUT2D eigenvalue weighted by Gasteiger charge is -2.16. The summed E-state index contributed by atoms with van der Waals surface area (Å²) in [5.41, 5.74) is 6.21. The molecule has 0 radical (unpaired) electrons. The van der Waals surface area contributed by atoms with E-state index < -0.39 is 12.2 Å². The molecule has 4 nitrogen and oxygen atoms in total. The molecule has 0 aromatic carbocycles. The van der Waals surface area contributed by atoms with Crippen LogP contribution >= 0.6 is 27.5 Å². The molecular formula is C8H10BrClN2O2. The third-order valence-electron chi connectivity index (χ3n) is 1.73. The van der Waals surface area contributed by atoms with Gasteiger partial charge in [0.15, 0.2) is 0 Å². The van der Waals surface area contributed by atoms with Gasteiger partial charge < -0.3 is 15.9 Å². The van der Waals surface area contributed by atoms with Crippen molar-refractivity contribution in [2.45, 2.75) is 12.2 Å². The van der Waals surface area contributed by atoms with Crippen LogP contribution in [0.5, 0.6) is 0 Å². The number of alkyl halides is 1. The molecule has 0 saturated carbocycles. The van der Waals surface area contributed by atoms with Gasteiger partial charge in [-0.05, 0) is 6.07 Å². The van der Waals surface area contributed by atoms with Crippen LogP contribution in [0.3, 0.4) is 0 Å². The fraction of sp³-hybridized carbons (Fsp3) is 0.375. The molecule has 2 unspecified atom stereocenters. The molecule has 0 spiro atoms. The molecule has 1 heterocycles. The number of rotatable bonds is 3. The number of nitrogens with two attached hydrogens (primary N) is 1. The van der Waals surface area contributed by atoms with Gasteiger partial charge >= 0.3 is 0 Å². The largest absolute Gasteiger partial charge is 0.397 e. The van der Waals surface area contributed by atoms with E-state index in [1.807, 2.05) is 0 Å². The van der Waals surface area contributed by atoms with Crippen LogP contribution in [-0.2, 0) is 0 Å². The topological polar surface area (TPSA) is 79.4 Å². The van der Waals surface area contributed by atoms with Crippen molar-refractivity contribution < 1.29 is 10.2 Å². The minimum atomic E-state index is -1.09. The molecule has 0 aliphatic carbocycles. The van der Waals surface area contributed by atoms with Gasteiger partial charge in [0.2, 0.25) is 0 Å². The molecular weight excluding hydrogens is 271 g/mol. The van der Waals surface area contributed by atoms with Gasteiger partial charge in [0, 0.05) is 10.9 Å². The van der Waals surface area contributed by atoms with Crippen molar-refractivity contribution >= 4 is 33.2 Å². The Labute approximate surface area is 94.8 Å². The predicted octanol–water partition coefficient (Wildman–Crippen LogP) is 1.11. The molecule has 0 aliphatic rings. The number of aromatic nitrogens is 1. The minimum Gasteiger partial charge on any atom is -0.397 e. The normalized spacial score (nSPS) is 15.1. The van der Waals surface area contributed by atoms with Crippen LogP contribution in [0.25, 0.3) is 0 Å². The molecule has 0 amide bonds. The average Bonchev–Trinajstić information content (AvgIpc) is 2.19. The number of aliphatic hydroxyl groups is 2. The maximum absolute atomic E-state index is 9.63. The lowest BCUT2D eigenvalue weighted by Crippen LogP contribution is -2.20. The number of hydrogen-bond donors (Lipinski definition) is 3. The molecule has 2 atom stereocenters. The fourth-order valence-corrected chi connectivity index (χ4v) is 1.55. The van der Waals surface area contributed by atoms with Crippen LogP contribution in [-0.4, -0.2) is 26.6 Å². The quantitative estimate of drug-likeness (QED) is 0.573. The highest BCUT2D eigenvalue weighted by Gasteiger charge is 2.20. The predicted molar refractivity (Wildman–Crippen MR) is 58.4 cm³/mol. The summed E-state index contributed by atoms with van der Waals surface area (Å²) in [5, 5.41) is 19.4. The average molecular weight is 282 g/mol. The highest BCUT2D eigenvalue weighted by molar-refractivity contribution is 9.09. The van der Waals surface area contributed by atoms with E-state index in [2.05, 4.69) is 20.9 Å². The summed E-state index contributed by atoms with van der Waals surface area (Å²) in [7, 11) is 0. The van der Waals surface area contributed by atoms with Crippen LogP contribution in [0.1, 0.15) is 11.7 Å². The number of pyridine rings is 1. The lowest BCUT2D eigenvalue weighted by molar-refractivity contribution is 0.0342. The summed E-state index contributed by atoms with van der Waals surface area (Å²) in [6, 6.07) is 1.49. The summed E-state index contributed by atoms with van der Waals surface area (Å²) < 4.78 is 0. The smallest absolute Gasteiger partial charge is 0.135 e. The Morgan fingerprint density at radius 3 is 2.79 bits per heavy atom. The van der Waals surface area contributed by atoms with E-state index in [-0.39, 0.29) is 10.5 Å². The molecule has 78 valence electrons. The molecule has 0 saturated heterocycles. The van der Waals surface area contributed by atoms with E-state index in [1.54, 1.807) is 0 Å². The zero-order valence-electron chi connectivity index (χ0n) is 7.19. The van der Waals surface area contributed by atoms with Crippen LogP contribution in [0.4, 0.5) is 5.69 Å². The Kier molecular flexibility index (Phi) is 4.12. The van der Waals surface area contributed by atoms with E-state index in [0.29, 0.717) is 11.3 Å². The van der Waals surface area contributed by atoms with Crippen LogP contribution in [0, 0.1) is 0 Å². The second kappa shape index (κ2) is 4.93. The van der Waals surface area contributed by atoms with Crippen molar-refractivity contribution in [3.63, 3.8) is 0 Å². The molecule has 14 heavy (non-hydrogen) atoms. The Morgan fingerprint density at radius 1 is 1.57 bits per heavy atom. The maximum atomic E-state index is 9.63. The maximum Gasteiger partial charge on any atom is 0.135 e. The number of anilines is 1. The van der Waals surface area contributed by atoms with Crippen LogP contribution in [0.15, 0.2) is 12.3 Å². The monoisotopic (exact) mass is 280 g/mol. The number of nitrogens with zero attached hydrogens (tertiary/aromatic N) is 1. The second-order valence-corrected chi connectivity index (χ2v) is 3.82. The van der Waals surface area contributed by atoms with E-state index in [4.69, 9.17) is 17.3 Å². The Bertz CT molecular complexity index is 324. The molecule has 0 bridgehead atoms. The Morgan fingerprint density at radius 2 is 2.21 bits per heavy atom. The summed E-state index contributed by atoms with van der Waals surface area (Å²) in [6.45, 7) is 0. The van der Waals surface area contributed by atoms with Crippen molar-refractivity contribution in [2.75, 3.05) is 11.1 Å². The first-order valence-electron chi connectivity index (χ1n) is 3.89. The van der Waals surface area contributed by atoms with Crippen molar-refractivity contribution in [3.05, 3.63) is 23.0 Å². The molecule has 0 fully saturated rings. The summed E-state index contributed by atoms with van der Waals surface area (Å²) in [5.74, 6) is 0. The van der Waals surface area contributed by atoms with Gasteiger partial charge in [-0.1, -0.05) is 27.5 Å². The van der Waals surface area contributed by atoms with Gasteiger partial charge in [-0.15, -0.1) is 0 Å². The van der Waals surface area contributed by atoms with Gasteiger partial charge in [0.25, 0.3) is 0 Å². The van der Waals surface area contributed by atoms with Crippen molar-refractivity contribution in [2.24, 2.45) is 0 Å². The molecule has 1 rings (SSSR count). The molecule has 1 aromatic heterocycles. The number of hydrogen-bond acceptors (Lipinski definition) is 4. The summed E-state index contributed by atoms with van der Waals surface area (Å²) in [6.07, 6.45) is -0.632. The first-order chi connectivity index (χ1) is 6.56. The van der Waals surface area contributed by atoms with Gasteiger partial charge in [0.1, 0.15) is 11.3 Å². The third-order valence-corrected chi connectivity index (χ3v) is 2.71. The molecule has 1 aromatic rings. The molecule has 4 N–H and O–H groups in total. The number of aliphatic hydroxyl groups excluding tert-OH is 2. The van der Waals surface area contributed by atoms with Gasteiger partial charge in [-0.25, -0.2) is 4.98 Å². The highest BCUT2D eigenvalue weighted by atomic mass is 79.9. The zero-order valence-corrected chi connectivity index (χ0v) is 9.53. The van der Waals surface area contributed by atoms with E-state index in [0.717, 1.165) is 0 Å². The van der Waals surface area contributed by atoms with E-state index in [9.17, 15) is 10.2 Å². The van der Waals surface area contributed by atoms with Crippen LogP contribution < -0.4 is 5.73 Å². The van der Waals surface area contributed by atoms with Gasteiger partial charge in [-0.2, -0.15) is 0 Å². The lowest BCUT2D eigenvalue weighted by atomic mass is 10.1. The Balaban J connectivity index is 2.99. The summed E-state index contributed by atoms with van der Waals surface area (Å²) in [4.78, 5) is 3.77. The molecule has 0 aliphatic heterocycles. The third kappa shape index (κ3) is 2.57. The van der Waals surface area contributed by atoms with Crippen molar-refractivity contribution in [1.82, 2.24) is 4.98 Å². The first-order valence-corrected chi connectivity index (χ1v) is 5.39. The molecule has 6 heteroatoms. The van der Waals surface area contributed by atoms with Gasteiger partial charge in [-0.3, -0.25) is 0 Å². The number of nitrogen functional groups attached to an aromatic ring is 1. The van der Waals surface area contributed by atoms with Gasteiger partial charge in [0.05, 0.1) is 18.0 Å². The highest BCUT2D eigenvalue weighted by Crippen LogP contribution is 2.25. The zero-order chi connectivity index (χ0) is 10.7. The van der Waals surface area contributed by atoms with E-state index >= 15 is 0 Å². The minimum absolute atomic E-state index is 0.145. The SMILES string of the molecule is Nc1cnc(Cl)c(C(O)C(O)CBr)c1. The summed E-state index contributed by atoms with van der Waals surface area (Å²) >= 11 is 8.79. The standard InChI is InChI=1S/C8H10BrClN2O2/c9-2-6(13)7(14)5-1-4(11)3-12-8(5)10/h1,3,6-7,13-14H,2,11H2. The Hall–Kier alpha value is -0.360. The van der Waals surface area contributed by atoms with E-state index in [1.165, 1.54) is 12.3 Å². The fourth-order valence-electron chi connectivity index (χ4n) is 0.981. The first kappa shape index (κ1) is 11.7. The van der Waals surface area contributed by atoms with Crippen molar-refractivity contribution in [1.29, 1.82) is 0 Å². The van der Waals surface area contributed by atoms with Crippen molar-refractivity contribution in [3.8, 4) is 0 Å². The second-order valence-electron chi connectivity index (χ2n) is 2.82. The number of halogens is 2. The van der Waals surface area contributed by atoms with Crippen LogP contribution in [0.2, 0.25) is 5.15 Å².